The maximum Gasteiger partial charge on any atom is 0.255 e. The number of hydrogen-bond donors (Lipinski definition) is 0. The van der Waals surface area contributed by atoms with Crippen LogP contribution in [0, 0.1) is 0 Å². The van der Waals surface area contributed by atoms with Gasteiger partial charge in [0.2, 0.25) is 10.0 Å². The van der Waals surface area contributed by atoms with Gasteiger partial charge in [-0.15, -0.1) is 0 Å². The highest BCUT2D eigenvalue weighted by Crippen LogP contribution is 2.40. The number of rotatable bonds is 7. The number of amides is 1. The van der Waals surface area contributed by atoms with E-state index in [1.165, 1.54) is 10.6 Å². The first-order valence-corrected chi connectivity index (χ1v) is 10.6. The molecule has 9 heteroatoms. The minimum atomic E-state index is -3.19. The van der Waals surface area contributed by atoms with E-state index in [-0.39, 0.29) is 18.0 Å². The molecule has 0 aromatic carbocycles. The smallest absolute Gasteiger partial charge is 0.255 e. The summed E-state index contributed by atoms with van der Waals surface area (Å²) in [5, 5.41) is 0. The van der Waals surface area contributed by atoms with E-state index in [9.17, 15) is 13.2 Å². The lowest BCUT2D eigenvalue weighted by molar-refractivity contribution is -0.183. The van der Waals surface area contributed by atoms with Crippen molar-refractivity contribution < 1.29 is 22.7 Å². The number of piperidine rings is 1. The van der Waals surface area contributed by atoms with Crippen LogP contribution in [-0.2, 0) is 24.3 Å². The number of methoxy groups -OCH3 is 1. The molecule has 2 fully saturated rings. The van der Waals surface area contributed by atoms with Crippen molar-refractivity contribution in [3.63, 3.8) is 0 Å². The van der Waals surface area contributed by atoms with Crippen molar-refractivity contribution in [2.75, 3.05) is 39.7 Å². The molecule has 1 aromatic heterocycles. The summed E-state index contributed by atoms with van der Waals surface area (Å²) >= 11 is 0. The molecular weight excluding hydrogens is 358 g/mol. The topological polar surface area (TPSA) is 89.0 Å². The van der Waals surface area contributed by atoms with E-state index < -0.39 is 16.1 Å². The van der Waals surface area contributed by atoms with Gasteiger partial charge in [0.15, 0.2) is 6.10 Å². The first-order valence-electron chi connectivity index (χ1n) is 8.71. The fraction of sp³-hybridized carbons (Fsp3) is 0.647. The van der Waals surface area contributed by atoms with Gasteiger partial charge in [0.25, 0.3) is 5.91 Å². The Morgan fingerprint density at radius 2 is 1.85 bits per heavy atom. The van der Waals surface area contributed by atoms with Crippen LogP contribution in [0.2, 0.25) is 0 Å². The number of hydrogen-bond acceptors (Lipinski definition) is 6. The molecular formula is C17H25N3O5S. The van der Waals surface area contributed by atoms with Crippen molar-refractivity contribution in [1.82, 2.24) is 14.2 Å². The minimum absolute atomic E-state index is 0.0148. The Bertz CT molecular complexity index is 719. The zero-order valence-electron chi connectivity index (χ0n) is 15.1. The Morgan fingerprint density at radius 1 is 1.19 bits per heavy atom. The quantitative estimate of drug-likeness (QED) is 0.501. The summed E-state index contributed by atoms with van der Waals surface area (Å²) in [6.07, 6.45) is 5.36. The largest absolute Gasteiger partial charge is 0.382 e. The fourth-order valence-electron chi connectivity index (χ4n) is 3.66. The van der Waals surface area contributed by atoms with Crippen LogP contribution in [0.5, 0.6) is 0 Å². The van der Waals surface area contributed by atoms with E-state index in [1.807, 2.05) is 17.0 Å². The van der Waals surface area contributed by atoms with Gasteiger partial charge in [-0.25, -0.2) is 12.7 Å². The molecule has 2 atom stereocenters. The lowest BCUT2D eigenvalue weighted by atomic mass is 9.87. The summed E-state index contributed by atoms with van der Waals surface area (Å²) in [7, 11) is -1.59. The third-order valence-corrected chi connectivity index (χ3v) is 6.31. The van der Waals surface area contributed by atoms with Gasteiger partial charge in [-0.3, -0.25) is 9.78 Å². The third-order valence-electron chi connectivity index (χ3n) is 5.00. The van der Waals surface area contributed by atoms with Gasteiger partial charge in [-0.1, -0.05) is 0 Å². The third kappa shape index (κ3) is 3.90. The predicted octanol–water partition coefficient (Wildman–Crippen LogP) is 0.421. The van der Waals surface area contributed by atoms with E-state index >= 15 is 0 Å². The van der Waals surface area contributed by atoms with E-state index in [1.54, 1.807) is 19.5 Å². The summed E-state index contributed by atoms with van der Waals surface area (Å²) in [4.78, 5) is 18.6. The summed E-state index contributed by atoms with van der Waals surface area (Å²) in [6.45, 7) is 1.66. The molecule has 3 rings (SSSR count). The lowest BCUT2D eigenvalue weighted by Crippen LogP contribution is -2.64. The molecule has 8 nitrogen and oxygen atoms in total. The van der Waals surface area contributed by atoms with Crippen molar-refractivity contribution in [1.29, 1.82) is 0 Å². The number of sulfonamides is 1. The van der Waals surface area contributed by atoms with Gasteiger partial charge in [0.1, 0.15) is 0 Å². The van der Waals surface area contributed by atoms with Crippen molar-refractivity contribution in [2.45, 2.75) is 31.0 Å². The summed E-state index contributed by atoms with van der Waals surface area (Å²) in [5.41, 5.74) is 0.979. The van der Waals surface area contributed by atoms with Crippen molar-refractivity contribution in [3.05, 3.63) is 30.1 Å². The number of β-lactam (4-membered cyclic amide) rings is 1. The van der Waals surface area contributed by atoms with Crippen LogP contribution in [0.1, 0.15) is 24.4 Å². The first-order chi connectivity index (χ1) is 12.4. The second-order valence-corrected chi connectivity index (χ2v) is 8.63. The molecule has 2 unspecified atom stereocenters. The van der Waals surface area contributed by atoms with E-state index in [4.69, 9.17) is 9.47 Å². The second-order valence-electron chi connectivity index (χ2n) is 6.65. The molecule has 3 heterocycles. The van der Waals surface area contributed by atoms with Crippen LogP contribution in [-0.4, -0.2) is 80.3 Å². The number of aromatic nitrogens is 1. The van der Waals surface area contributed by atoms with Gasteiger partial charge >= 0.3 is 0 Å². The highest BCUT2D eigenvalue weighted by Gasteiger charge is 2.52. The first kappa shape index (κ1) is 19.2. The molecule has 26 heavy (non-hydrogen) atoms. The van der Waals surface area contributed by atoms with Crippen LogP contribution in [0.3, 0.4) is 0 Å². The Morgan fingerprint density at radius 3 is 2.42 bits per heavy atom. The maximum atomic E-state index is 12.7. The predicted molar refractivity (Wildman–Crippen MR) is 94.9 cm³/mol. The van der Waals surface area contributed by atoms with Gasteiger partial charge in [0, 0.05) is 38.6 Å². The molecule has 1 aromatic rings. The fourth-order valence-corrected chi connectivity index (χ4v) is 4.53. The standard InChI is InChI=1S/C17H25N3O5S/c1-24-11-12-25-16-15(13-3-7-18-8-4-13)20(17(16)21)14-5-9-19(10-6-14)26(2,22)23/h3-4,7-8,14-16H,5-6,9-12H2,1-2H3. The molecule has 0 bridgehead atoms. The van der Waals surface area contributed by atoms with E-state index in [0.29, 0.717) is 39.1 Å². The molecule has 144 valence electrons. The highest BCUT2D eigenvalue weighted by molar-refractivity contribution is 7.88. The van der Waals surface area contributed by atoms with Crippen molar-refractivity contribution >= 4 is 15.9 Å². The van der Waals surface area contributed by atoms with E-state index in [2.05, 4.69) is 4.98 Å². The summed E-state index contributed by atoms with van der Waals surface area (Å²) < 4.78 is 35.6. The Labute approximate surface area is 154 Å². The number of carbonyl (C=O) groups excluding carboxylic acids is 1. The lowest BCUT2D eigenvalue weighted by Gasteiger charge is -2.52. The number of nitrogens with zero attached hydrogens (tertiary/aromatic N) is 3. The average molecular weight is 383 g/mol. The van der Waals surface area contributed by atoms with Gasteiger partial charge in [0.05, 0.1) is 25.5 Å². The average Bonchev–Trinajstić information content (AvgIpc) is 2.63. The van der Waals surface area contributed by atoms with Crippen LogP contribution in [0.15, 0.2) is 24.5 Å². The number of ether oxygens (including phenoxy) is 2. The number of carbonyl (C=O) groups is 1. The zero-order chi connectivity index (χ0) is 18.7. The Kier molecular flexibility index (Phi) is 5.91. The van der Waals surface area contributed by atoms with Crippen LogP contribution in [0.4, 0.5) is 0 Å². The van der Waals surface area contributed by atoms with Crippen LogP contribution in [0.25, 0.3) is 0 Å². The Hall–Kier alpha value is -1.55. The SMILES string of the molecule is COCCOC1C(=O)N(C2CCN(S(C)(=O)=O)CC2)C1c1ccncc1. The molecule has 0 radical (unpaired) electrons. The molecule has 1 amide bonds. The van der Waals surface area contributed by atoms with Gasteiger partial charge < -0.3 is 14.4 Å². The van der Waals surface area contributed by atoms with Crippen LogP contribution < -0.4 is 0 Å². The molecule has 2 saturated heterocycles. The van der Waals surface area contributed by atoms with E-state index in [0.717, 1.165) is 5.56 Å². The molecule has 0 aliphatic carbocycles. The van der Waals surface area contributed by atoms with Crippen molar-refractivity contribution in [2.24, 2.45) is 0 Å². The Balaban J connectivity index is 1.72. The molecule has 2 aliphatic heterocycles. The number of likely N-dealkylation sites (tertiary alicyclic amines) is 1. The molecule has 0 N–H and O–H groups in total. The van der Waals surface area contributed by atoms with Gasteiger partial charge in [-0.05, 0) is 30.5 Å². The monoisotopic (exact) mass is 383 g/mol. The molecule has 0 spiro atoms. The maximum absolute atomic E-state index is 12.7. The second kappa shape index (κ2) is 7.99. The summed E-state index contributed by atoms with van der Waals surface area (Å²) in [6, 6.07) is 3.63. The van der Waals surface area contributed by atoms with Crippen molar-refractivity contribution in [3.8, 4) is 0 Å². The minimum Gasteiger partial charge on any atom is -0.382 e. The summed E-state index contributed by atoms with van der Waals surface area (Å²) in [5.74, 6) is -0.0410. The zero-order valence-corrected chi connectivity index (χ0v) is 15.9. The number of pyridine rings is 1. The van der Waals surface area contributed by atoms with Crippen LogP contribution >= 0.6 is 0 Å². The molecule has 0 saturated carbocycles. The highest BCUT2D eigenvalue weighted by atomic mass is 32.2. The molecule has 2 aliphatic rings. The van der Waals surface area contributed by atoms with Gasteiger partial charge in [-0.2, -0.15) is 0 Å². The normalized spacial score (nSPS) is 25.3.